The lowest BCUT2D eigenvalue weighted by Crippen LogP contribution is -2.12. The summed E-state index contributed by atoms with van der Waals surface area (Å²) < 4.78 is 4.92. The molecule has 12 heavy (non-hydrogen) atoms. The van der Waals surface area contributed by atoms with Crippen molar-refractivity contribution in [3.05, 3.63) is 17.8 Å². The molecule has 1 heterocycles. The zero-order chi connectivity index (χ0) is 9.14. The third-order valence-corrected chi connectivity index (χ3v) is 1.59. The summed E-state index contributed by atoms with van der Waals surface area (Å²) in [6.07, 6.45) is 0. The molecule has 4 heteroatoms. The Kier molecular flexibility index (Phi) is 2.50. The smallest absolute Gasteiger partial charge is 0.213 e. The maximum atomic E-state index is 9.12. The van der Waals surface area contributed by atoms with E-state index in [1.54, 1.807) is 26.3 Å². The lowest BCUT2D eigenvalue weighted by atomic mass is 10.3. The molecule has 0 fully saturated rings. The molecule has 0 spiro atoms. The molecule has 0 aliphatic carbocycles. The molecule has 4 nitrogen and oxygen atoms in total. The Balaban J connectivity index is 3.03. The summed E-state index contributed by atoms with van der Waals surface area (Å²) in [6, 6.07) is 3.45. The summed E-state index contributed by atoms with van der Waals surface area (Å²) >= 11 is 0. The number of aryl methyl sites for hydroxylation is 1. The lowest BCUT2D eigenvalue weighted by Gasteiger charge is -2.12. The SMILES string of the molecule is COc1ccc(N(C)O)c(C)n1. The van der Waals surface area contributed by atoms with Crippen LogP contribution in [-0.4, -0.2) is 24.3 Å². The molecule has 1 N–H and O–H groups in total. The Bertz CT molecular complexity index is 274. The fourth-order valence-corrected chi connectivity index (χ4v) is 0.986. The van der Waals surface area contributed by atoms with E-state index in [9.17, 15) is 0 Å². The fourth-order valence-electron chi connectivity index (χ4n) is 0.986. The highest BCUT2D eigenvalue weighted by atomic mass is 16.5. The van der Waals surface area contributed by atoms with E-state index in [0.29, 0.717) is 11.6 Å². The van der Waals surface area contributed by atoms with Crippen molar-refractivity contribution in [2.24, 2.45) is 0 Å². The van der Waals surface area contributed by atoms with Crippen LogP contribution in [0.5, 0.6) is 5.88 Å². The number of methoxy groups -OCH3 is 1. The minimum Gasteiger partial charge on any atom is -0.481 e. The average Bonchev–Trinajstić information content (AvgIpc) is 2.03. The maximum absolute atomic E-state index is 9.12. The van der Waals surface area contributed by atoms with Crippen LogP contribution in [-0.2, 0) is 0 Å². The molecule has 66 valence electrons. The number of hydrogen-bond donors (Lipinski definition) is 1. The normalized spacial score (nSPS) is 9.67. The highest BCUT2D eigenvalue weighted by Gasteiger charge is 2.03. The van der Waals surface area contributed by atoms with E-state index < -0.39 is 0 Å². The maximum Gasteiger partial charge on any atom is 0.213 e. The Morgan fingerprint density at radius 2 is 2.17 bits per heavy atom. The quantitative estimate of drug-likeness (QED) is 0.674. The van der Waals surface area contributed by atoms with E-state index in [1.807, 2.05) is 6.92 Å². The Morgan fingerprint density at radius 3 is 2.58 bits per heavy atom. The third kappa shape index (κ3) is 1.65. The Labute approximate surface area is 71.4 Å². The van der Waals surface area contributed by atoms with Gasteiger partial charge in [-0.3, -0.25) is 10.3 Å². The molecule has 1 aromatic heterocycles. The molecule has 0 unspecified atom stereocenters. The molecule has 0 aliphatic rings. The number of hydroxylamine groups is 1. The van der Waals surface area contributed by atoms with Crippen LogP contribution >= 0.6 is 0 Å². The van der Waals surface area contributed by atoms with Crippen LogP contribution in [0.1, 0.15) is 5.69 Å². The van der Waals surface area contributed by atoms with E-state index in [0.717, 1.165) is 10.8 Å². The zero-order valence-electron chi connectivity index (χ0n) is 7.40. The molecule has 1 aromatic rings. The van der Waals surface area contributed by atoms with Gasteiger partial charge < -0.3 is 4.74 Å². The largest absolute Gasteiger partial charge is 0.481 e. The number of nitrogens with zero attached hydrogens (tertiary/aromatic N) is 2. The van der Waals surface area contributed by atoms with Gasteiger partial charge in [0.2, 0.25) is 5.88 Å². The van der Waals surface area contributed by atoms with Gasteiger partial charge in [-0.05, 0) is 13.0 Å². The van der Waals surface area contributed by atoms with Gasteiger partial charge in [0.1, 0.15) is 0 Å². The number of pyridine rings is 1. The van der Waals surface area contributed by atoms with E-state index in [1.165, 1.54) is 0 Å². The summed E-state index contributed by atoms with van der Waals surface area (Å²) in [4.78, 5) is 4.09. The van der Waals surface area contributed by atoms with Gasteiger partial charge in [0.05, 0.1) is 18.5 Å². The van der Waals surface area contributed by atoms with Gasteiger partial charge >= 0.3 is 0 Å². The van der Waals surface area contributed by atoms with E-state index in [-0.39, 0.29) is 0 Å². The monoisotopic (exact) mass is 168 g/mol. The lowest BCUT2D eigenvalue weighted by molar-refractivity contribution is 0.278. The van der Waals surface area contributed by atoms with E-state index in [2.05, 4.69) is 4.98 Å². The molecule has 0 saturated heterocycles. The highest BCUT2D eigenvalue weighted by Crippen LogP contribution is 2.18. The van der Waals surface area contributed by atoms with Crippen LogP contribution in [0.3, 0.4) is 0 Å². The number of ether oxygens (including phenoxy) is 1. The van der Waals surface area contributed by atoms with Crippen LogP contribution in [0.4, 0.5) is 5.69 Å². The molecule has 0 radical (unpaired) electrons. The second-order valence-electron chi connectivity index (χ2n) is 2.48. The van der Waals surface area contributed by atoms with Gasteiger partial charge in [-0.2, -0.15) is 0 Å². The molecule has 0 atom stereocenters. The molecule has 0 bridgehead atoms. The zero-order valence-corrected chi connectivity index (χ0v) is 7.40. The van der Waals surface area contributed by atoms with Crippen molar-refractivity contribution in [2.75, 3.05) is 19.2 Å². The minimum absolute atomic E-state index is 0.554. The summed E-state index contributed by atoms with van der Waals surface area (Å²) in [5.41, 5.74) is 1.41. The number of anilines is 1. The van der Waals surface area contributed by atoms with Gasteiger partial charge in [-0.1, -0.05) is 0 Å². The molecule has 0 aliphatic heterocycles. The topological polar surface area (TPSA) is 45.6 Å². The first kappa shape index (κ1) is 8.80. The first-order valence-corrected chi connectivity index (χ1v) is 3.59. The van der Waals surface area contributed by atoms with Gasteiger partial charge in [-0.25, -0.2) is 4.98 Å². The van der Waals surface area contributed by atoms with Crippen molar-refractivity contribution in [3.63, 3.8) is 0 Å². The van der Waals surface area contributed by atoms with Crippen molar-refractivity contribution in [2.45, 2.75) is 6.92 Å². The standard InChI is InChI=1S/C8H12N2O2/c1-6-7(10(2)11)4-5-8(9-6)12-3/h4-5,11H,1-3H3. The molecule has 0 amide bonds. The molecule has 0 aromatic carbocycles. The molecule has 0 saturated carbocycles. The van der Waals surface area contributed by atoms with Gasteiger partial charge in [0, 0.05) is 13.1 Å². The molecule has 1 rings (SSSR count). The van der Waals surface area contributed by atoms with E-state index >= 15 is 0 Å². The third-order valence-electron chi connectivity index (χ3n) is 1.59. The van der Waals surface area contributed by atoms with Crippen molar-refractivity contribution < 1.29 is 9.94 Å². The number of aromatic nitrogens is 1. The molecular weight excluding hydrogens is 156 g/mol. The predicted octanol–water partition coefficient (Wildman–Crippen LogP) is 1.22. The Morgan fingerprint density at radius 1 is 1.50 bits per heavy atom. The minimum atomic E-state index is 0.554. The van der Waals surface area contributed by atoms with Crippen molar-refractivity contribution in [3.8, 4) is 5.88 Å². The van der Waals surface area contributed by atoms with Crippen LogP contribution in [0.2, 0.25) is 0 Å². The summed E-state index contributed by atoms with van der Waals surface area (Å²) in [5, 5.41) is 10.2. The first-order chi connectivity index (χ1) is 5.65. The van der Waals surface area contributed by atoms with Crippen LogP contribution in [0.25, 0.3) is 0 Å². The second kappa shape index (κ2) is 3.40. The van der Waals surface area contributed by atoms with E-state index in [4.69, 9.17) is 9.94 Å². The van der Waals surface area contributed by atoms with Crippen molar-refractivity contribution >= 4 is 5.69 Å². The van der Waals surface area contributed by atoms with Gasteiger partial charge in [0.25, 0.3) is 0 Å². The fraction of sp³-hybridized carbons (Fsp3) is 0.375. The van der Waals surface area contributed by atoms with Crippen molar-refractivity contribution in [1.29, 1.82) is 0 Å². The summed E-state index contributed by atoms with van der Waals surface area (Å²) in [6.45, 7) is 1.81. The average molecular weight is 168 g/mol. The van der Waals surface area contributed by atoms with Gasteiger partial charge in [-0.15, -0.1) is 0 Å². The summed E-state index contributed by atoms with van der Waals surface area (Å²) in [5.74, 6) is 0.554. The first-order valence-electron chi connectivity index (χ1n) is 3.59. The summed E-state index contributed by atoms with van der Waals surface area (Å²) in [7, 11) is 3.11. The molecular formula is C8H12N2O2. The number of hydrogen-bond acceptors (Lipinski definition) is 4. The van der Waals surface area contributed by atoms with Crippen LogP contribution in [0, 0.1) is 6.92 Å². The van der Waals surface area contributed by atoms with Crippen molar-refractivity contribution in [1.82, 2.24) is 4.98 Å². The Hall–Kier alpha value is -1.29. The van der Waals surface area contributed by atoms with Crippen LogP contribution in [0.15, 0.2) is 12.1 Å². The number of rotatable bonds is 2. The van der Waals surface area contributed by atoms with Crippen LogP contribution < -0.4 is 9.80 Å². The predicted molar refractivity (Wildman–Crippen MR) is 45.7 cm³/mol. The highest BCUT2D eigenvalue weighted by molar-refractivity contribution is 5.48. The van der Waals surface area contributed by atoms with Gasteiger partial charge in [0.15, 0.2) is 0 Å². The second-order valence-corrected chi connectivity index (χ2v) is 2.48.